The predicted octanol–water partition coefficient (Wildman–Crippen LogP) is 2.48. The van der Waals surface area contributed by atoms with Crippen LogP contribution in [0.3, 0.4) is 0 Å². The fourth-order valence-corrected chi connectivity index (χ4v) is 2.66. The third-order valence-electron chi connectivity index (χ3n) is 3.23. The molecule has 0 atom stereocenters. The second-order valence-corrected chi connectivity index (χ2v) is 5.47. The Bertz CT molecular complexity index is 753. The number of pyridine rings is 1. The van der Waals surface area contributed by atoms with Crippen molar-refractivity contribution in [3.63, 3.8) is 0 Å². The summed E-state index contributed by atoms with van der Waals surface area (Å²) in [4.78, 5) is 28.9. The van der Waals surface area contributed by atoms with Gasteiger partial charge in [-0.3, -0.25) is 14.6 Å². The molecule has 0 fully saturated rings. The molecule has 0 radical (unpaired) electrons. The number of ketones is 2. The highest BCUT2D eigenvalue weighted by atomic mass is 127. The lowest BCUT2D eigenvalue weighted by Crippen LogP contribution is -2.24. The average Bonchev–Trinajstić information content (AvgIpc) is 2.39. The van der Waals surface area contributed by atoms with E-state index in [2.05, 4.69) is 27.6 Å². The highest BCUT2D eigenvalue weighted by Gasteiger charge is 2.34. The maximum absolute atomic E-state index is 12.5. The molecule has 1 aromatic carbocycles. The van der Waals surface area contributed by atoms with Crippen LogP contribution in [0.25, 0.3) is 0 Å². The smallest absolute Gasteiger partial charge is 0.212 e. The summed E-state index contributed by atoms with van der Waals surface area (Å²) in [5.74, 6) is -0.828. The minimum atomic E-state index is -0.341. The Labute approximate surface area is 122 Å². The minimum absolute atomic E-state index is 0.0758. The summed E-state index contributed by atoms with van der Waals surface area (Å²) >= 11 is 2.07. The molecule has 1 N–H and O–H groups in total. The van der Waals surface area contributed by atoms with Gasteiger partial charge in [0.1, 0.15) is 11.4 Å². The van der Waals surface area contributed by atoms with Crippen LogP contribution in [0.5, 0.6) is 5.75 Å². The van der Waals surface area contributed by atoms with Gasteiger partial charge in [-0.25, -0.2) is 0 Å². The summed E-state index contributed by atoms with van der Waals surface area (Å²) in [7, 11) is 0. The van der Waals surface area contributed by atoms with Crippen molar-refractivity contribution >= 4 is 34.2 Å². The number of carbonyl (C=O) groups excluding carboxylic acids is 2. The number of fused-ring (bicyclic) bond motifs is 2. The van der Waals surface area contributed by atoms with E-state index in [0.29, 0.717) is 5.56 Å². The second-order valence-electron chi connectivity index (χ2n) is 4.31. The Morgan fingerprint density at radius 1 is 1.16 bits per heavy atom. The Morgan fingerprint density at radius 2 is 1.89 bits per heavy atom. The molecule has 0 bridgehead atoms. The number of aromatic nitrogens is 1. The van der Waals surface area contributed by atoms with Crippen LogP contribution in [0.15, 0.2) is 24.4 Å². The number of aromatic hydroxyl groups is 1. The molecule has 2 aromatic rings. The van der Waals surface area contributed by atoms with E-state index in [1.807, 2.05) is 0 Å². The summed E-state index contributed by atoms with van der Waals surface area (Å²) in [6.45, 7) is 1.78. The first-order valence-electron chi connectivity index (χ1n) is 5.59. The summed E-state index contributed by atoms with van der Waals surface area (Å²) in [5.41, 5.74) is 1.47. The Kier molecular flexibility index (Phi) is 2.67. The Hall–Kier alpha value is -1.76. The molecule has 1 aliphatic carbocycles. The topological polar surface area (TPSA) is 67.3 Å². The molecule has 1 aromatic heterocycles. The summed E-state index contributed by atoms with van der Waals surface area (Å²) in [6.07, 6.45) is 1.58. The van der Waals surface area contributed by atoms with E-state index in [1.54, 1.807) is 19.2 Å². The van der Waals surface area contributed by atoms with E-state index >= 15 is 0 Å². The van der Waals surface area contributed by atoms with Crippen molar-refractivity contribution < 1.29 is 14.7 Å². The number of nitrogens with zero attached hydrogens (tertiary/aromatic N) is 1. The van der Waals surface area contributed by atoms with E-state index in [1.165, 1.54) is 12.1 Å². The number of carbonyl (C=O) groups is 2. The van der Waals surface area contributed by atoms with Crippen molar-refractivity contribution in [3.8, 4) is 5.75 Å². The molecule has 0 aliphatic heterocycles. The number of benzene rings is 1. The second kappa shape index (κ2) is 4.12. The monoisotopic (exact) mass is 365 g/mol. The largest absolute Gasteiger partial charge is 0.507 e. The van der Waals surface area contributed by atoms with Gasteiger partial charge in [0.25, 0.3) is 0 Å². The lowest BCUT2D eigenvalue weighted by Gasteiger charge is -2.19. The average molecular weight is 365 g/mol. The first-order chi connectivity index (χ1) is 9.02. The van der Waals surface area contributed by atoms with Crippen LogP contribution in [0, 0.1) is 10.5 Å². The standard InChI is InChI=1S/C14H8INO3/c1-6-8(15)5-16-12-10(6)14(19)11-7(13(12)18)3-2-4-9(11)17/h2-5,17H,1H3. The molecule has 19 heavy (non-hydrogen) atoms. The van der Waals surface area contributed by atoms with Gasteiger partial charge in [-0.15, -0.1) is 0 Å². The lowest BCUT2D eigenvalue weighted by molar-refractivity contribution is 0.0972. The lowest BCUT2D eigenvalue weighted by atomic mass is 9.84. The number of hydrogen-bond donors (Lipinski definition) is 1. The fraction of sp³-hybridized carbons (Fsp3) is 0.0714. The van der Waals surface area contributed by atoms with E-state index < -0.39 is 0 Å². The van der Waals surface area contributed by atoms with Crippen molar-refractivity contribution in [2.75, 3.05) is 0 Å². The molecule has 4 nitrogen and oxygen atoms in total. The van der Waals surface area contributed by atoms with Crippen molar-refractivity contribution in [2.24, 2.45) is 0 Å². The predicted molar refractivity (Wildman–Crippen MR) is 76.7 cm³/mol. The third-order valence-corrected chi connectivity index (χ3v) is 4.32. The number of phenols is 1. The van der Waals surface area contributed by atoms with Crippen LogP contribution >= 0.6 is 22.6 Å². The Morgan fingerprint density at radius 3 is 2.63 bits per heavy atom. The molecule has 1 heterocycles. The van der Waals surface area contributed by atoms with Gasteiger partial charge in [0.05, 0.1) is 11.1 Å². The van der Waals surface area contributed by atoms with Gasteiger partial charge < -0.3 is 5.11 Å². The molecular weight excluding hydrogens is 357 g/mol. The number of rotatable bonds is 0. The first kappa shape index (κ1) is 12.3. The summed E-state index contributed by atoms with van der Waals surface area (Å²) in [5, 5.41) is 9.83. The van der Waals surface area contributed by atoms with Crippen molar-refractivity contribution in [1.82, 2.24) is 4.98 Å². The van der Waals surface area contributed by atoms with Gasteiger partial charge in [-0.05, 0) is 47.2 Å². The van der Waals surface area contributed by atoms with E-state index in [0.717, 1.165) is 9.13 Å². The third kappa shape index (κ3) is 1.61. The molecule has 0 unspecified atom stereocenters. The van der Waals surface area contributed by atoms with Crippen molar-refractivity contribution in [2.45, 2.75) is 6.92 Å². The molecule has 94 valence electrons. The molecule has 5 heteroatoms. The molecule has 0 saturated carbocycles. The summed E-state index contributed by atoms with van der Waals surface area (Å²) in [6, 6.07) is 4.49. The number of phenolic OH excluding ortho intramolecular Hbond substituents is 1. The number of halogens is 1. The molecule has 0 saturated heterocycles. The van der Waals surface area contributed by atoms with Crippen LogP contribution in [0.1, 0.15) is 37.5 Å². The highest BCUT2D eigenvalue weighted by molar-refractivity contribution is 14.1. The SMILES string of the molecule is Cc1c(I)cnc2c1C(=O)c1c(O)cccc1C2=O. The van der Waals surface area contributed by atoms with E-state index in [4.69, 9.17) is 0 Å². The molecular formula is C14H8INO3. The molecule has 0 spiro atoms. The normalized spacial score (nSPS) is 13.2. The zero-order valence-corrected chi connectivity index (χ0v) is 12.1. The van der Waals surface area contributed by atoms with Crippen molar-refractivity contribution in [3.05, 3.63) is 55.9 Å². The van der Waals surface area contributed by atoms with Crippen LogP contribution in [-0.4, -0.2) is 21.7 Å². The molecule has 0 amide bonds. The quantitative estimate of drug-likeness (QED) is 0.622. The fourth-order valence-electron chi connectivity index (χ4n) is 2.25. The van der Waals surface area contributed by atoms with E-state index in [-0.39, 0.29) is 34.1 Å². The van der Waals surface area contributed by atoms with Crippen LogP contribution in [0.2, 0.25) is 0 Å². The van der Waals surface area contributed by atoms with Crippen LogP contribution < -0.4 is 0 Å². The maximum Gasteiger partial charge on any atom is 0.212 e. The van der Waals surface area contributed by atoms with Gasteiger partial charge in [0, 0.05) is 15.3 Å². The van der Waals surface area contributed by atoms with Gasteiger partial charge >= 0.3 is 0 Å². The number of hydrogen-bond acceptors (Lipinski definition) is 4. The van der Waals surface area contributed by atoms with E-state index in [9.17, 15) is 14.7 Å². The zero-order valence-electron chi connectivity index (χ0n) is 9.90. The maximum atomic E-state index is 12.5. The highest BCUT2D eigenvalue weighted by Crippen LogP contribution is 2.33. The minimum Gasteiger partial charge on any atom is -0.507 e. The zero-order chi connectivity index (χ0) is 13.7. The first-order valence-corrected chi connectivity index (χ1v) is 6.66. The summed E-state index contributed by atoms with van der Waals surface area (Å²) < 4.78 is 0.816. The van der Waals surface area contributed by atoms with Crippen molar-refractivity contribution in [1.29, 1.82) is 0 Å². The van der Waals surface area contributed by atoms with Gasteiger partial charge in [-0.2, -0.15) is 0 Å². The Balaban J connectivity index is 2.40. The van der Waals surface area contributed by atoms with Crippen LogP contribution in [-0.2, 0) is 0 Å². The van der Waals surface area contributed by atoms with Gasteiger partial charge in [-0.1, -0.05) is 6.07 Å². The van der Waals surface area contributed by atoms with Crippen LogP contribution in [0.4, 0.5) is 0 Å². The molecule has 1 aliphatic rings. The van der Waals surface area contributed by atoms with Gasteiger partial charge in [0.15, 0.2) is 5.78 Å². The van der Waals surface area contributed by atoms with Gasteiger partial charge in [0.2, 0.25) is 5.78 Å². The molecule has 3 rings (SSSR count).